The summed E-state index contributed by atoms with van der Waals surface area (Å²) >= 11 is 1.65. The summed E-state index contributed by atoms with van der Waals surface area (Å²) in [6.07, 6.45) is 1.98. The highest BCUT2D eigenvalue weighted by Gasteiger charge is 2.19. The van der Waals surface area contributed by atoms with Crippen molar-refractivity contribution in [1.82, 2.24) is 10.0 Å². The van der Waals surface area contributed by atoms with Crippen LogP contribution < -0.4 is 10.0 Å². The fourth-order valence-electron chi connectivity index (χ4n) is 1.94. The van der Waals surface area contributed by atoms with Gasteiger partial charge in [-0.05, 0) is 49.4 Å². The first-order chi connectivity index (χ1) is 9.81. The Hall–Kier alpha value is -0.560. The van der Waals surface area contributed by atoms with E-state index < -0.39 is 10.0 Å². The van der Waals surface area contributed by atoms with Gasteiger partial charge in [-0.25, -0.2) is 13.1 Å². The van der Waals surface area contributed by atoms with Crippen molar-refractivity contribution < 1.29 is 8.42 Å². The summed E-state index contributed by atoms with van der Waals surface area (Å²) in [5.41, 5.74) is 2.82. The van der Waals surface area contributed by atoms with E-state index in [1.165, 1.54) is 0 Å². The Labute approximate surface area is 133 Å². The molecule has 0 fully saturated rings. The smallest absolute Gasteiger partial charge is 0.240 e. The second-order valence-electron chi connectivity index (χ2n) is 5.21. The van der Waals surface area contributed by atoms with Gasteiger partial charge in [-0.2, -0.15) is 11.8 Å². The van der Waals surface area contributed by atoms with Crippen LogP contribution in [-0.4, -0.2) is 33.0 Å². The van der Waals surface area contributed by atoms with E-state index in [4.69, 9.17) is 0 Å². The van der Waals surface area contributed by atoms with Crippen LogP contribution in [0.2, 0.25) is 0 Å². The van der Waals surface area contributed by atoms with Crippen molar-refractivity contribution in [1.29, 1.82) is 0 Å². The van der Waals surface area contributed by atoms with E-state index in [0.717, 1.165) is 23.2 Å². The van der Waals surface area contributed by atoms with Crippen molar-refractivity contribution in [3.8, 4) is 0 Å². The van der Waals surface area contributed by atoms with E-state index >= 15 is 0 Å². The number of hydrogen-bond donors (Lipinski definition) is 2. The highest BCUT2D eigenvalue weighted by Crippen LogP contribution is 2.21. The highest BCUT2D eigenvalue weighted by molar-refractivity contribution is 7.99. The van der Waals surface area contributed by atoms with E-state index in [1.807, 2.05) is 40.0 Å². The average molecular weight is 331 g/mol. The lowest BCUT2D eigenvalue weighted by Gasteiger charge is -2.15. The molecule has 1 aromatic carbocycles. The topological polar surface area (TPSA) is 58.2 Å². The Morgan fingerprint density at radius 1 is 1.29 bits per heavy atom. The lowest BCUT2D eigenvalue weighted by Crippen LogP contribution is -2.30. The van der Waals surface area contributed by atoms with Gasteiger partial charge in [-0.15, -0.1) is 0 Å². The van der Waals surface area contributed by atoms with Crippen LogP contribution in [-0.2, 0) is 16.6 Å². The molecule has 0 aliphatic heterocycles. The minimum Gasteiger partial charge on any atom is -0.313 e. The Bertz CT molecular complexity index is 571. The molecule has 1 unspecified atom stereocenters. The number of hydrogen-bond acceptors (Lipinski definition) is 4. The monoisotopic (exact) mass is 330 g/mol. The fraction of sp³-hybridized carbons (Fsp3) is 0.600. The summed E-state index contributed by atoms with van der Waals surface area (Å²) in [4.78, 5) is 0.392. The molecule has 4 nitrogen and oxygen atoms in total. The minimum absolute atomic E-state index is 0.256. The fourth-order valence-corrected chi connectivity index (χ4v) is 3.79. The Morgan fingerprint density at radius 2 is 1.95 bits per heavy atom. The zero-order valence-electron chi connectivity index (χ0n) is 13.5. The second-order valence-corrected chi connectivity index (χ2v) is 8.23. The summed E-state index contributed by atoms with van der Waals surface area (Å²) in [5, 5.41) is 3.49. The maximum Gasteiger partial charge on any atom is 0.240 e. The molecule has 1 aromatic rings. The lowest BCUT2D eigenvalue weighted by atomic mass is 10.1. The van der Waals surface area contributed by atoms with E-state index in [1.54, 1.807) is 17.8 Å². The van der Waals surface area contributed by atoms with Crippen LogP contribution in [0.1, 0.15) is 30.5 Å². The van der Waals surface area contributed by atoms with E-state index in [9.17, 15) is 8.42 Å². The van der Waals surface area contributed by atoms with Crippen molar-refractivity contribution >= 4 is 21.8 Å². The molecule has 21 heavy (non-hydrogen) atoms. The number of nitrogens with one attached hydrogen (secondary N) is 2. The molecule has 1 rings (SSSR count). The molecular formula is C15H26N2O2S2. The summed E-state index contributed by atoms with van der Waals surface area (Å²) < 4.78 is 27.7. The van der Waals surface area contributed by atoms with Crippen molar-refractivity contribution in [3.05, 3.63) is 28.8 Å². The van der Waals surface area contributed by atoms with E-state index in [0.29, 0.717) is 18.0 Å². The highest BCUT2D eigenvalue weighted by atomic mass is 32.2. The van der Waals surface area contributed by atoms with Gasteiger partial charge in [0.25, 0.3) is 0 Å². The molecule has 0 amide bonds. The molecule has 120 valence electrons. The third kappa shape index (κ3) is 5.29. The number of benzene rings is 1. The molecule has 6 heteroatoms. The number of aryl methyl sites for hydroxylation is 1. The predicted octanol–water partition coefficient (Wildman–Crippen LogP) is 2.44. The molecule has 0 saturated heterocycles. The largest absolute Gasteiger partial charge is 0.313 e. The normalized spacial score (nSPS) is 13.4. The lowest BCUT2D eigenvalue weighted by molar-refractivity contribution is 0.580. The second kappa shape index (κ2) is 8.17. The molecule has 0 aliphatic carbocycles. The zero-order chi connectivity index (χ0) is 16.0. The van der Waals surface area contributed by atoms with Gasteiger partial charge in [0.1, 0.15) is 0 Å². The summed E-state index contributed by atoms with van der Waals surface area (Å²) in [5.74, 6) is 0. The van der Waals surface area contributed by atoms with Crippen LogP contribution in [0, 0.1) is 13.8 Å². The van der Waals surface area contributed by atoms with Crippen LogP contribution in [0.25, 0.3) is 0 Å². The maximum atomic E-state index is 12.5. The minimum atomic E-state index is -3.46. The first-order valence-electron chi connectivity index (χ1n) is 7.15. The first kappa shape index (κ1) is 18.5. The molecular weight excluding hydrogens is 304 g/mol. The molecule has 0 aromatic heterocycles. The third-order valence-electron chi connectivity index (χ3n) is 3.51. The summed E-state index contributed by atoms with van der Waals surface area (Å²) in [6, 6.07) is 3.82. The van der Waals surface area contributed by atoms with Crippen LogP contribution in [0.4, 0.5) is 0 Å². The van der Waals surface area contributed by atoms with Gasteiger partial charge in [0.2, 0.25) is 10.0 Å². The zero-order valence-corrected chi connectivity index (χ0v) is 15.1. The molecule has 0 aliphatic rings. The molecule has 0 spiro atoms. The van der Waals surface area contributed by atoms with Gasteiger partial charge in [-0.1, -0.05) is 19.9 Å². The average Bonchev–Trinajstić information content (AvgIpc) is 2.45. The summed E-state index contributed by atoms with van der Waals surface area (Å²) in [7, 11) is -3.46. The van der Waals surface area contributed by atoms with Gasteiger partial charge >= 0.3 is 0 Å². The molecule has 0 bridgehead atoms. The molecule has 0 heterocycles. The van der Waals surface area contributed by atoms with Gasteiger partial charge in [0.15, 0.2) is 0 Å². The van der Waals surface area contributed by atoms with Crippen LogP contribution in [0.5, 0.6) is 0 Å². The van der Waals surface area contributed by atoms with E-state index in [-0.39, 0.29) is 5.25 Å². The standard InChI is InChI=1S/C15H26N2O2S2/c1-6-16-10-14-7-11(2)13(4)15(8-14)21(18,19)17-9-12(3)20-5/h7-8,12,16-17H,6,9-10H2,1-5H3. The molecule has 0 saturated carbocycles. The number of sulfonamides is 1. The quantitative estimate of drug-likeness (QED) is 0.769. The van der Waals surface area contributed by atoms with Crippen LogP contribution in [0.3, 0.4) is 0 Å². The molecule has 2 N–H and O–H groups in total. The van der Waals surface area contributed by atoms with Crippen molar-refractivity contribution in [2.45, 2.75) is 44.4 Å². The number of rotatable bonds is 8. The third-order valence-corrected chi connectivity index (χ3v) is 6.03. The first-order valence-corrected chi connectivity index (χ1v) is 9.92. The van der Waals surface area contributed by atoms with Crippen LogP contribution in [0.15, 0.2) is 17.0 Å². The van der Waals surface area contributed by atoms with E-state index in [2.05, 4.69) is 10.0 Å². The van der Waals surface area contributed by atoms with Crippen molar-refractivity contribution in [2.75, 3.05) is 19.3 Å². The molecule has 0 radical (unpaired) electrons. The summed E-state index contributed by atoms with van der Waals surface area (Å²) in [6.45, 7) is 9.84. The predicted molar refractivity (Wildman–Crippen MR) is 91.5 cm³/mol. The Balaban J connectivity index is 3.06. The Kier molecular flexibility index (Phi) is 7.20. The Morgan fingerprint density at radius 3 is 2.52 bits per heavy atom. The van der Waals surface area contributed by atoms with Gasteiger partial charge in [-0.3, -0.25) is 0 Å². The van der Waals surface area contributed by atoms with Gasteiger partial charge < -0.3 is 5.32 Å². The maximum absolute atomic E-state index is 12.5. The van der Waals surface area contributed by atoms with Crippen molar-refractivity contribution in [2.24, 2.45) is 0 Å². The van der Waals surface area contributed by atoms with Crippen molar-refractivity contribution in [3.63, 3.8) is 0 Å². The van der Waals surface area contributed by atoms with Crippen LogP contribution >= 0.6 is 11.8 Å². The van der Waals surface area contributed by atoms with Gasteiger partial charge in [0.05, 0.1) is 4.90 Å². The van der Waals surface area contributed by atoms with Gasteiger partial charge in [0, 0.05) is 18.3 Å². The number of thioether (sulfide) groups is 1. The SMILES string of the molecule is CCNCc1cc(C)c(C)c(S(=O)(=O)NCC(C)SC)c1. The molecule has 1 atom stereocenters.